The minimum atomic E-state index is -1.24. The first-order chi connectivity index (χ1) is 21.2. The van der Waals surface area contributed by atoms with Gasteiger partial charge in [0.25, 0.3) is 11.8 Å². The highest BCUT2D eigenvalue weighted by atomic mass is 16.6. The summed E-state index contributed by atoms with van der Waals surface area (Å²) >= 11 is 0. The normalized spacial score (nSPS) is 16.3. The lowest BCUT2D eigenvalue weighted by Crippen LogP contribution is -2.43. The number of hydrogen-bond donors (Lipinski definition) is 5. The van der Waals surface area contributed by atoms with Crippen LogP contribution in [0.25, 0.3) is 11.5 Å². The van der Waals surface area contributed by atoms with Crippen molar-refractivity contribution in [2.75, 3.05) is 13.1 Å². The first-order valence-electron chi connectivity index (χ1n) is 14.1. The van der Waals surface area contributed by atoms with Gasteiger partial charge in [0.15, 0.2) is 11.6 Å². The number of ketones is 2. The van der Waals surface area contributed by atoms with E-state index < -0.39 is 81.9 Å². The number of aliphatic hydroxyl groups excluding tert-OH is 2. The van der Waals surface area contributed by atoms with Gasteiger partial charge in [0.1, 0.15) is 41.4 Å². The van der Waals surface area contributed by atoms with Gasteiger partial charge in [0, 0.05) is 23.5 Å². The summed E-state index contributed by atoms with van der Waals surface area (Å²) in [5, 5.41) is 33.5. The van der Waals surface area contributed by atoms with Crippen molar-refractivity contribution in [1.82, 2.24) is 20.6 Å². The average molecular weight is 637 g/mol. The SMILES string of the molecule is CC(C)(C)OC(=O)CNC(=O)C1=C(O)c2cccnc2C(C)(C)C1=O.CC1(C)C(=O)C(C(=O)NCC(=O)O)=C(O)c2cccnc21. The van der Waals surface area contributed by atoms with E-state index >= 15 is 0 Å². The van der Waals surface area contributed by atoms with E-state index in [1.807, 2.05) is 0 Å². The maximum absolute atomic E-state index is 12.7. The highest BCUT2D eigenvalue weighted by Crippen LogP contribution is 2.39. The molecule has 46 heavy (non-hydrogen) atoms. The second kappa shape index (κ2) is 12.9. The molecule has 0 fully saturated rings. The van der Waals surface area contributed by atoms with Gasteiger partial charge in [-0.15, -0.1) is 0 Å². The van der Waals surface area contributed by atoms with Gasteiger partial charge in [-0.25, -0.2) is 0 Å². The van der Waals surface area contributed by atoms with Crippen LogP contribution in [0, 0.1) is 0 Å². The topological polar surface area (TPSA) is 222 Å². The van der Waals surface area contributed by atoms with E-state index in [-0.39, 0.29) is 5.57 Å². The molecule has 0 saturated heterocycles. The molecule has 0 aliphatic heterocycles. The average Bonchev–Trinajstić information content (AvgIpc) is 2.97. The Morgan fingerprint density at radius 3 is 1.52 bits per heavy atom. The van der Waals surface area contributed by atoms with E-state index in [9.17, 15) is 39.0 Å². The molecule has 0 radical (unpaired) electrons. The van der Waals surface area contributed by atoms with Crippen LogP contribution >= 0.6 is 0 Å². The van der Waals surface area contributed by atoms with E-state index in [4.69, 9.17) is 9.84 Å². The van der Waals surface area contributed by atoms with Crippen LogP contribution in [0.3, 0.4) is 0 Å². The number of ether oxygens (including phenoxy) is 1. The van der Waals surface area contributed by atoms with Crippen molar-refractivity contribution in [2.45, 2.75) is 64.9 Å². The van der Waals surface area contributed by atoms with E-state index in [1.165, 1.54) is 12.4 Å². The summed E-state index contributed by atoms with van der Waals surface area (Å²) in [7, 11) is 0. The lowest BCUT2D eigenvalue weighted by molar-refractivity contribution is -0.154. The first-order valence-corrected chi connectivity index (χ1v) is 14.1. The standard InChI is InChI=1S/C18H22N2O5.C14H14N2O5/c1-17(2,3)25-11(21)9-20-16(24)12-13(22)10-7-6-8-19-14(10)18(4,5)15(12)23;1-14(2)11-7(4-3-5-15-11)10(19)9(12(14)20)13(21)16-6-8(17)18/h6-8,22H,9H2,1-5H3,(H,20,24);3-5,19H,6H2,1-2H3,(H,16,21)(H,17,18). The summed E-state index contributed by atoms with van der Waals surface area (Å²) in [4.78, 5) is 80.0. The Hall–Kier alpha value is -5.40. The zero-order chi connectivity index (χ0) is 34.8. The number of Topliss-reactive ketones (excluding diaryl/α,β-unsaturated/α-hetero) is 2. The number of fused-ring (bicyclic) bond motifs is 2. The van der Waals surface area contributed by atoms with Crippen molar-refractivity contribution in [3.63, 3.8) is 0 Å². The largest absolute Gasteiger partial charge is 0.506 e. The van der Waals surface area contributed by atoms with E-state index in [1.54, 1.807) is 72.7 Å². The fourth-order valence-corrected chi connectivity index (χ4v) is 4.80. The fourth-order valence-electron chi connectivity index (χ4n) is 4.80. The van der Waals surface area contributed by atoms with Crippen molar-refractivity contribution in [3.8, 4) is 0 Å². The third kappa shape index (κ3) is 7.11. The number of nitrogens with one attached hydrogen (secondary N) is 2. The van der Waals surface area contributed by atoms with Gasteiger partial charge in [-0.2, -0.15) is 0 Å². The Kier molecular flexibility index (Phi) is 9.85. The third-order valence-corrected chi connectivity index (χ3v) is 7.04. The molecule has 0 spiro atoms. The zero-order valence-corrected chi connectivity index (χ0v) is 26.5. The van der Waals surface area contributed by atoms with Crippen molar-refractivity contribution < 1.29 is 48.8 Å². The lowest BCUT2D eigenvalue weighted by atomic mass is 9.73. The number of rotatable bonds is 6. The molecule has 4 rings (SSSR count). The van der Waals surface area contributed by atoms with Crippen LogP contribution in [0.15, 0.2) is 47.8 Å². The highest BCUT2D eigenvalue weighted by molar-refractivity contribution is 6.29. The van der Waals surface area contributed by atoms with Crippen molar-refractivity contribution in [3.05, 3.63) is 70.3 Å². The molecule has 0 atom stereocenters. The molecule has 244 valence electrons. The molecule has 2 aromatic rings. The predicted octanol–water partition coefficient (Wildman–Crippen LogP) is 2.08. The summed E-state index contributed by atoms with van der Waals surface area (Å²) < 4.78 is 5.10. The van der Waals surface area contributed by atoms with E-state index in [0.29, 0.717) is 22.5 Å². The zero-order valence-electron chi connectivity index (χ0n) is 26.5. The maximum Gasteiger partial charge on any atom is 0.325 e. The number of nitrogens with zero attached hydrogens (tertiary/aromatic N) is 2. The summed E-state index contributed by atoms with van der Waals surface area (Å²) in [6, 6.07) is 6.33. The number of amides is 2. The van der Waals surface area contributed by atoms with Gasteiger partial charge in [-0.05, 0) is 72.7 Å². The van der Waals surface area contributed by atoms with Gasteiger partial charge < -0.3 is 30.7 Å². The number of aliphatic carboxylic acids is 1. The van der Waals surface area contributed by atoms with E-state index in [0.717, 1.165) is 0 Å². The van der Waals surface area contributed by atoms with Crippen molar-refractivity contribution >= 4 is 46.8 Å². The van der Waals surface area contributed by atoms with Crippen LogP contribution in [0.4, 0.5) is 0 Å². The Morgan fingerprint density at radius 1 is 0.761 bits per heavy atom. The smallest absolute Gasteiger partial charge is 0.325 e. The predicted molar refractivity (Wildman–Crippen MR) is 163 cm³/mol. The molecule has 0 unspecified atom stereocenters. The molecule has 14 heteroatoms. The lowest BCUT2D eigenvalue weighted by Gasteiger charge is -2.30. The molecule has 2 heterocycles. The quantitative estimate of drug-likeness (QED) is 0.227. The fraction of sp³-hybridized carbons (Fsp3) is 0.375. The number of carboxylic acid groups (broad SMARTS) is 1. The van der Waals surface area contributed by atoms with Crippen molar-refractivity contribution in [1.29, 1.82) is 0 Å². The molecule has 2 aromatic heterocycles. The van der Waals surface area contributed by atoms with Crippen LogP contribution in [0.5, 0.6) is 0 Å². The first kappa shape index (κ1) is 35.1. The molecule has 0 bridgehead atoms. The Labute approximate surface area is 264 Å². The van der Waals surface area contributed by atoms with Gasteiger partial charge >= 0.3 is 11.9 Å². The maximum atomic E-state index is 12.7. The van der Waals surface area contributed by atoms with Crippen LogP contribution < -0.4 is 10.6 Å². The molecule has 2 aliphatic carbocycles. The van der Waals surface area contributed by atoms with Crippen LogP contribution in [0.1, 0.15) is 71.0 Å². The number of aromatic nitrogens is 2. The number of hydrogen-bond acceptors (Lipinski definition) is 11. The number of carboxylic acids is 1. The molecule has 2 amide bonds. The Balaban J connectivity index is 0.000000254. The van der Waals surface area contributed by atoms with Crippen molar-refractivity contribution in [2.24, 2.45) is 0 Å². The number of pyridine rings is 2. The molecular formula is C32H36N4O10. The van der Waals surface area contributed by atoms with Gasteiger partial charge in [-0.1, -0.05) is 0 Å². The monoisotopic (exact) mass is 636 g/mol. The summed E-state index contributed by atoms with van der Waals surface area (Å²) in [6.45, 7) is 10.5. The molecule has 14 nitrogen and oxygen atoms in total. The Bertz CT molecular complexity index is 1700. The van der Waals surface area contributed by atoms with Gasteiger partial charge in [-0.3, -0.25) is 38.7 Å². The number of carbonyl (C=O) groups excluding carboxylic acids is 5. The van der Waals surface area contributed by atoms with Gasteiger partial charge in [0.05, 0.1) is 22.2 Å². The molecular weight excluding hydrogens is 600 g/mol. The van der Waals surface area contributed by atoms with Gasteiger partial charge in [0.2, 0.25) is 0 Å². The Morgan fingerprint density at radius 2 is 1.15 bits per heavy atom. The number of aliphatic hydroxyl groups is 2. The summed E-state index contributed by atoms with van der Waals surface area (Å²) in [5.74, 6) is -5.69. The molecule has 5 N–H and O–H groups in total. The van der Waals surface area contributed by atoms with E-state index in [2.05, 4.69) is 20.6 Å². The van der Waals surface area contributed by atoms with Crippen LogP contribution in [0.2, 0.25) is 0 Å². The molecule has 2 aliphatic rings. The minimum Gasteiger partial charge on any atom is -0.506 e. The highest BCUT2D eigenvalue weighted by Gasteiger charge is 2.45. The number of esters is 1. The third-order valence-electron chi connectivity index (χ3n) is 7.04. The molecule has 0 saturated carbocycles. The summed E-state index contributed by atoms with van der Waals surface area (Å²) in [6.07, 6.45) is 3.02. The number of carbonyl (C=O) groups is 6. The van der Waals surface area contributed by atoms with Crippen LogP contribution in [-0.2, 0) is 44.3 Å². The second-order valence-corrected chi connectivity index (χ2v) is 12.5. The summed E-state index contributed by atoms with van der Waals surface area (Å²) in [5.41, 5.74) is -2.26. The molecule has 0 aromatic carbocycles. The second-order valence-electron chi connectivity index (χ2n) is 12.5. The minimum absolute atomic E-state index is 0.294. The van der Waals surface area contributed by atoms with Crippen LogP contribution in [-0.4, -0.2) is 79.3 Å².